The first-order valence-corrected chi connectivity index (χ1v) is 9.15. The van der Waals surface area contributed by atoms with Crippen molar-refractivity contribution in [3.63, 3.8) is 0 Å². The van der Waals surface area contributed by atoms with Crippen molar-refractivity contribution in [1.29, 1.82) is 0 Å². The third-order valence-corrected chi connectivity index (χ3v) is 5.33. The van der Waals surface area contributed by atoms with E-state index in [-0.39, 0.29) is 5.91 Å². The van der Waals surface area contributed by atoms with Gasteiger partial charge in [0.2, 0.25) is 0 Å². The van der Waals surface area contributed by atoms with Gasteiger partial charge in [-0.15, -0.1) is 11.3 Å². The number of thiazole rings is 1. The predicted octanol–water partition coefficient (Wildman–Crippen LogP) is 4.87. The van der Waals surface area contributed by atoms with E-state index in [1.165, 1.54) is 16.9 Å². The maximum Gasteiger partial charge on any atom is 0.279 e. The molecule has 1 heterocycles. The zero-order valence-electron chi connectivity index (χ0n) is 13.7. The zero-order valence-corrected chi connectivity index (χ0v) is 16.1. The minimum atomic E-state index is -0.233. The lowest BCUT2D eigenvalue weighted by Crippen LogP contribution is -2.14. The molecule has 122 valence electrons. The van der Waals surface area contributed by atoms with Gasteiger partial charge in [0.15, 0.2) is 4.80 Å². The molecule has 0 aliphatic heterocycles. The number of amides is 1. The number of carbonyl (C=O) groups is 1. The van der Waals surface area contributed by atoms with Crippen LogP contribution in [0.5, 0.6) is 0 Å². The van der Waals surface area contributed by atoms with Crippen molar-refractivity contribution >= 4 is 33.2 Å². The van der Waals surface area contributed by atoms with Crippen molar-refractivity contribution in [2.24, 2.45) is 12.0 Å². The van der Waals surface area contributed by atoms with Gasteiger partial charge in [-0.1, -0.05) is 51.8 Å². The first-order valence-electron chi connectivity index (χ1n) is 7.54. The molecule has 1 amide bonds. The average Bonchev–Trinajstić information content (AvgIpc) is 2.82. The summed E-state index contributed by atoms with van der Waals surface area (Å²) in [5.74, 6) is -0.233. The molecule has 3 rings (SSSR count). The number of aryl methyl sites for hydroxylation is 2. The van der Waals surface area contributed by atoms with E-state index in [2.05, 4.69) is 59.0 Å². The van der Waals surface area contributed by atoms with Crippen molar-refractivity contribution < 1.29 is 4.79 Å². The summed E-state index contributed by atoms with van der Waals surface area (Å²) in [5, 5.41) is 0. The van der Waals surface area contributed by atoms with E-state index < -0.39 is 0 Å². The molecule has 0 unspecified atom stereocenters. The van der Waals surface area contributed by atoms with Crippen molar-refractivity contribution in [2.45, 2.75) is 13.8 Å². The van der Waals surface area contributed by atoms with Crippen LogP contribution in [0.4, 0.5) is 0 Å². The molecule has 5 heteroatoms. The minimum Gasteiger partial charge on any atom is -0.319 e. The number of rotatable bonds is 2. The highest BCUT2D eigenvalue weighted by molar-refractivity contribution is 9.10. The van der Waals surface area contributed by atoms with E-state index in [1.54, 1.807) is 12.1 Å². The number of benzene rings is 2. The summed E-state index contributed by atoms with van der Waals surface area (Å²) in [6.45, 7) is 4.13. The number of carbonyl (C=O) groups excluding carboxylic acids is 1. The van der Waals surface area contributed by atoms with Gasteiger partial charge in [-0.2, -0.15) is 4.99 Å². The molecule has 0 N–H and O–H groups in total. The molecule has 0 radical (unpaired) electrons. The van der Waals surface area contributed by atoms with E-state index in [4.69, 9.17) is 0 Å². The molecule has 24 heavy (non-hydrogen) atoms. The molecule has 0 saturated carbocycles. The molecule has 0 fully saturated rings. The number of halogens is 1. The fourth-order valence-corrected chi connectivity index (χ4v) is 3.95. The molecule has 3 aromatic rings. The lowest BCUT2D eigenvalue weighted by molar-refractivity contribution is 0.0998. The first kappa shape index (κ1) is 16.9. The second-order valence-electron chi connectivity index (χ2n) is 5.64. The van der Waals surface area contributed by atoms with Crippen LogP contribution in [0.15, 0.2) is 58.0 Å². The topological polar surface area (TPSA) is 34.4 Å². The van der Waals surface area contributed by atoms with Gasteiger partial charge in [0, 0.05) is 22.0 Å². The molecule has 2 aromatic carbocycles. The van der Waals surface area contributed by atoms with Gasteiger partial charge in [0.05, 0.1) is 5.69 Å². The molecule has 0 bridgehead atoms. The minimum absolute atomic E-state index is 0.233. The maximum atomic E-state index is 12.4. The fraction of sp³-hybridized carbons (Fsp3) is 0.158. The van der Waals surface area contributed by atoms with E-state index in [1.807, 2.05) is 23.7 Å². The molecule has 0 aliphatic rings. The summed E-state index contributed by atoms with van der Waals surface area (Å²) in [6.07, 6.45) is 0. The van der Waals surface area contributed by atoms with Crippen LogP contribution in [-0.2, 0) is 7.05 Å². The van der Waals surface area contributed by atoms with Gasteiger partial charge < -0.3 is 4.57 Å². The molecule has 0 aliphatic carbocycles. The van der Waals surface area contributed by atoms with Crippen LogP contribution in [0.2, 0.25) is 0 Å². The third-order valence-electron chi connectivity index (χ3n) is 3.79. The van der Waals surface area contributed by atoms with Crippen LogP contribution >= 0.6 is 27.3 Å². The van der Waals surface area contributed by atoms with Gasteiger partial charge in [-0.05, 0) is 37.6 Å². The van der Waals surface area contributed by atoms with E-state index in [0.717, 1.165) is 20.6 Å². The maximum absolute atomic E-state index is 12.4. The Kier molecular flexibility index (Phi) is 4.83. The van der Waals surface area contributed by atoms with Crippen molar-refractivity contribution in [3.05, 3.63) is 73.8 Å². The van der Waals surface area contributed by atoms with Crippen LogP contribution in [0.25, 0.3) is 11.3 Å². The normalized spacial score (nSPS) is 11.8. The van der Waals surface area contributed by atoms with Gasteiger partial charge in [0.25, 0.3) is 5.91 Å². The predicted molar refractivity (Wildman–Crippen MR) is 102 cm³/mol. The molecular weight excluding hydrogens is 384 g/mol. The Morgan fingerprint density at radius 1 is 1.12 bits per heavy atom. The Bertz CT molecular complexity index is 968. The molecule has 0 spiro atoms. The Hall–Kier alpha value is -1.98. The molecule has 1 aromatic heterocycles. The summed E-state index contributed by atoms with van der Waals surface area (Å²) >= 11 is 4.92. The fourth-order valence-electron chi connectivity index (χ4n) is 2.56. The van der Waals surface area contributed by atoms with Gasteiger partial charge in [0.1, 0.15) is 0 Å². The van der Waals surface area contributed by atoms with E-state index in [9.17, 15) is 4.79 Å². The number of hydrogen-bond donors (Lipinski definition) is 0. The lowest BCUT2D eigenvalue weighted by Gasteiger charge is -2.05. The average molecular weight is 401 g/mol. The molecule has 0 atom stereocenters. The zero-order chi connectivity index (χ0) is 17.3. The summed E-state index contributed by atoms with van der Waals surface area (Å²) in [5.41, 5.74) is 4.03. The highest BCUT2D eigenvalue weighted by Crippen LogP contribution is 2.24. The van der Waals surface area contributed by atoms with Crippen molar-refractivity contribution in [3.8, 4) is 11.3 Å². The summed E-state index contributed by atoms with van der Waals surface area (Å²) < 4.78 is 2.86. The summed E-state index contributed by atoms with van der Waals surface area (Å²) in [4.78, 5) is 18.6. The molecular formula is C19H17BrN2OS. The van der Waals surface area contributed by atoms with Crippen molar-refractivity contribution in [2.75, 3.05) is 0 Å². The third kappa shape index (κ3) is 3.42. The largest absolute Gasteiger partial charge is 0.319 e. The Labute approximate surface area is 153 Å². The number of hydrogen-bond acceptors (Lipinski definition) is 2. The molecule has 3 nitrogen and oxygen atoms in total. The highest BCUT2D eigenvalue weighted by Gasteiger charge is 2.11. The summed E-state index contributed by atoms with van der Waals surface area (Å²) in [7, 11) is 1.95. The number of nitrogens with zero attached hydrogens (tertiary/aromatic N) is 2. The van der Waals surface area contributed by atoms with Gasteiger partial charge in [-0.25, -0.2) is 0 Å². The van der Waals surface area contributed by atoms with Gasteiger partial charge >= 0.3 is 0 Å². The van der Waals surface area contributed by atoms with E-state index in [0.29, 0.717) is 10.4 Å². The molecule has 0 saturated heterocycles. The smallest absolute Gasteiger partial charge is 0.279 e. The number of aromatic nitrogens is 1. The van der Waals surface area contributed by atoms with Gasteiger partial charge in [-0.3, -0.25) is 4.79 Å². The van der Waals surface area contributed by atoms with Crippen LogP contribution in [0.1, 0.15) is 20.8 Å². The van der Waals surface area contributed by atoms with Crippen LogP contribution in [0, 0.1) is 13.8 Å². The van der Waals surface area contributed by atoms with Crippen molar-refractivity contribution in [1.82, 2.24) is 4.57 Å². The standard InChI is InChI=1S/C19H17BrN2OS/c1-12-7-9-14(10-8-12)17-13(2)24-19(22(17)3)21-18(23)15-5-4-6-16(20)11-15/h4-11H,1-3H3. The Balaban J connectivity index is 2.05. The van der Waals surface area contributed by atoms with Crippen LogP contribution in [0.3, 0.4) is 0 Å². The second-order valence-corrected chi connectivity index (χ2v) is 7.74. The Morgan fingerprint density at radius 3 is 2.50 bits per heavy atom. The first-order chi connectivity index (χ1) is 11.5. The van der Waals surface area contributed by atoms with E-state index >= 15 is 0 Å². The van der Waals surface area contributed by atoms with Crippen LogP contribution in [-0.4, -0.2) is 10.5 Å². The van der Waals surface area contributed by atoms with Crippen LogP contribution < -0.4 is 4.80 Å². The second kappa shape index (κ2) is 6.87. The lowest BCUT2D eigenvalue weighted by atomic mass is 10.1. The monoisotopic (exact) mass is 400 g/mol. The summed E-state index contributed by atoms with van der Waals surface area (Å²) in [6, 6.07) is 15.7. The highest BCUT2D eigenvalue weighted by atomic mass is 79.9. The SMILES string of the molecule is Cc1ccc(-c2c(C)sc(=NC(=O)c3cccc(Br)c3)n2C)cc1. The Morgan fingerprint density at radius 2 is 1.83 bits per heavy atom. The quantitative estimate of drug-likeness (QED) is 0.603.